The number of rotatable bonds is 6. The number of ketones is 1. The molecule has 1 aromatic heterocycles. The van der Waals surface area contributed by atoms with Crippen molar-refractivity contribution in [3.05, 3.63) is 65.4 Å². The summed E-state index contributed by atoms with van der Waals surface area (Å²) >= 11 is 0. The van der Waals surface area contributed by atoms with Gasteiger partial charge in [0.2, 0.25) is 15.6 Å². The molecule has 3 aromatic rings. The molecule has 152 valence electrons. The summed E-state index contributed by atoms with van der Waals surface area (Å²) in [5.74, 6) is -4.83. The lowest BCUT2D eigenvalue weighted by molar-refractivity contribution is 0.0319. The monoisotopic (exact) mass is 421 g/mol. The number of para-hydroxylation sites is 1. The third kappa shape index (κ3) is 3.91. The number of aryl methyl sites for hydroxylation is 1. The molecule has 0 aliphatic heterocycles. The Kier molecular flexibility index (Phi) is 5.52. The average Bonchev–Trinajstić information content (AvgIpc) is 3.02. The number of ether oxygens (including phenoxy) is 1. The molecular weight excluding hydrogens is 404 g/mol. The Morgan fingerprint density at radius 1 is 1.03 bits per heavy atom. The number of carbonyl (C=O) groups is 2. The van der Waals surface area contributed by atoms with E-state index >= 15 is 0 Å². The van der Waals surface area contributed by atoms with Crippen LogP contribution in [0.25, 0.3) is 10.9 Å². The van der Waals surface area contributed by atoms with Gasteiger partial charge < -0.3 is 9.72 Å². The minimum atomic E-state index is -4.75. The lowest BCUT2D eigenvalue weighted by atomic mass is 10.0. The number of H-pyrrole nitrogens is 1. The number of halogens is 2. The third-order valence-corrected chi connectivity index (χ3v) is 5.84. The van der Waals surface area contributed by atoms with Gasteiger partial charge in [-0.15, -0.1) is 0 Å². The first-order valence-corrected chi connectivity index (χ1v) is 10.1. The number of alkyl halides is 2. The first-order valence-electron chi connectivity index (χ1n) is 8.57. The predicted octanol–water partition coefficient (Wildman–Crippen LogP) is 3.90. The predicted molar refractivity (Wildman–Crippen MR) is 102 cm³/mol. The Morgan fingerprint density at radius 2 is 1.66 bits per heavy atom. The van der Waals surface area contributed by atoms with E-state index in [1.165, 1.54) is 6.92 Å². The van der Waals surface area contributed by atoms with E-state index in [4.69, 9.17) is 4.74 Å². The molecule has 0 saturated carbocycles. The van der Waals surface area contributed by atoms with Gasteiger partial charge in [-0.2, -0.15) is 8.78 Å². The second-order valence-electron chi connectivity index (χ2n) is 6.41. The largest absolute Gasteiger partial charge is 0.451 e. The molecule has 0 amide bonds. The molecule has 1 unspecified atom stereocenters. The average molecular weight is 421 g/mol. The standard InChI is InChI=1S/C20H17F2NO5S/c1-11-17(15-5-3-4-6-16(15)23-11)18(24)12(2)28-19(25)13-7-9-14(10-8-13)29(26,27)20(21)22/h3-10,12,20,23H,1-2H3. The van der Waals surface area contributed by atoms with Crippen LogP contribution in [0.5, 0.6) is 0 Å². The van der Waals surface area contributed by atoms with Gasteiger partial charge in [0.25, 0.3) is 0 Å². The molecule has 0 aliphatic carbocycles. The van der Waals surface area contributed by atoms with Crippen LogP contribution < -0.4 is 0 Å². The molecule has 1 heterocycles. The first kappa shape index (κ1) is 20.7. The van der Waals surface area contributed by atoms with Crippen molar-refractivity contribution in [1.82, 2.24) is 4.98 Å². The number of sulfone groups is 1. The van der Waals surface area contributed by atoms with Gasteiger partial charge in [-0.1, -0.05) is 18.2 Å². The molecule has 1 N–H and O–H groups in total. The maximum absolute atomic E-state index is 12.8. The van der Waals surface area contributed by atoms with E-state index in [1.807, 2.05) is 12.1 Å². The Morgan fingerprint density at radius 3 is 2.28 bits per heavy atom. The number of hydrogen-bond donors (Lipinski definition) is 1. The van der Waals surface area contributed by atoms with Crippen molar-refractivity contribution in [2.24, 2.45) is 0 Å². The number of aromatic nitrogens is 1. The van der Waals surface area contributed by atoms with E-state index < -0.39 is 38.3 Å². The van der Waals surface area contributed by atoms with E-state index in [0.717, 1.165) is 29.8 Å². The molecule has 29 heavy (non-hydrogen) atoms. The molecule has 2 aromatic carbocycles. The fourth-order valence-corrected chi connectivity index (χ4v) is 3.68. The number of aromatic amines is 1. The Labute approximate surface area is 165 Å². The number of esters is 1. The van der Waals surface area contributed by atoms with E-state index in [2.05, 4.69) is 4.98 Å². The molecule has 0 bridgehead atoms. The van der Waals surface area contributed by atoms with Crippen molar-refractivity contribution >= 4 is 32.5 Å². The number of benzene rings is 2. The number of Topliss-reactive ketones (excluding diaryl/α,β-unsaturated/α-hetero) is 1. The van der Waals surface area contributed by atoms with Gasteiger partial charge in [0, 0.05) is 22.2 Å². The van der Waals surface area contributed by atoms with E-state index in [1.54, 1.807) is 19.1 Å². The van der Waals surface area contributed by atoms with Crippen LogP contribution in [-0.2, 0) is 14.6 Å². The lowest BCUT2D eigenvalue weighted by Crippen LogP contribution is -2.25. The zero-order chi connectivity index (χ0) is 21.3. The van der Waals surface area contributed by atoms with Crippen molar-refractivity contribution < 1.29 is 31.5 Å². The van der Waals surface area contributed by atoms with Gasteiger partial charge in [0.1, 0.15) is 0 Å². The summed E-state index contributed by atoms with van der Waals surface area (Å²) in [5.41, 5.74) is 1.77. The quantitative estimate of drug-likeness (QED) is 0.481. The van der Waals surface area contributed by atoms with Gasteiger partial charge in [-0.05, 0) is 44.2 Å². The van der Waals surface area contributed by atoms with Crippen LogP contribution in [0.3, 0.4) is 0 Å². The number of nitrogens with one attached hydrogen (secondary N) is 1. The summed E-state index contributed by atoms with van der Waals surface area (Å²) < 4.78 is 53.2. The molecule has 0 aliphatic rings. The van der Waals surface area contributed by atoms with E-state index in [-0.39, 0.29) is 5.56 Å². The van der Waals surface area contributed by atoms with E-state index in [9.17, 15) is 26.8 Å². The van der Waals surface area contributed by atoms with Crippen LogP contribution in [0.1, 0.15) is 33.3 Å². The van der Waals surface area contributed by atoms with Crippen LogP contribution >= 0.6 is 0 Å². The van der Waals surface area contributed by atoms with Crippen LogP contribution in [0, 0.1) is 6.92 Å². The highest BCUT2D eigenvalue weighted by Gasteiger charge is 2.28. The summed E-state index contributed by atoms with van der Waals surface area (Å²) in [6.07, 6.45) is -1.11. The van der Waals surface area contributed by atoms with Crippen molar-refractivity contribution in [2.75, 3.05) is 0 Å². The summed E-state index contributed by atoms with van der Waals surface area (Å²) in [7, 11) is -4.75. The normalized spacial score (nSPS) is 12.9. The second-order valence-corrected chi connectivity index (χ2v) is 8.33. The zero-order valence-electron chi connectivity index (χ0n) is 15.5. The highest BCUT2D eigenvalue weighted by Crippen LogP contribution is 2.24. The molecular formula is C20H17F2NO5S. The third-order valence-electron chi connectivity index (χ3n) is 4.45. The summed E-state index contributed by atoms with van der Waals surface area (Å²) in [6.45, 7) is 3.17. The van der Waals surface area contributed by atoms with Gasteiger partial charge >= 0.3 is 11.7 Å². The Balaban J connectivity index is 1.78. The van der Waals surface area contributed by atoms with Gasteiger partial charge in [0.15, 0.2) is 6.10 Å². The minimum Gasteiger partial charge on any atom is -0.451 e. The molecule has 0 spiro atoms. The Hall–Kier alpha value is -3.07. The van der Waals surface area contributed by atoms with Crippen molar-refractivity contribution in [2.45, 2.75) is 30.6 Å². The summed E-state index contributed by atoms with van der Waals surface area (Å²) in [6, 6.07) is 11.1. The fraction of sp³-hybridized carbons (Fsp3) is 0.200. The van der Waals surface area contributed by atoms with Crippen molar-refractivity contribution in [1.29, 1.82) is 0 Å². The summed E-state index contributed by atoms with van der Waals surface area (Å²) in [5, 5.41) is 0.708. The highest BCUT2D eigenvalue weighted by atomic mass is 32.2. The number of carbonyl (C=O) groups excluding carboxylic acids is 2. The second kappa shape index (κ2) is 7.75. The Bertz CT molecular complexity index is 1180. The topological polar surface area (TPSA) is 93.3 Å². The molecule has 6 nitrogen and oxygen atoms in total. The highest BCUT2D eigenvalue weighted by molar-refractivity contribution is 7.91. The van der Waals surface area contributed by atoms with Crippen molar-refractivity contribution in [3.63, 3.8) is 0 Å². The maximum Gasteiger partial charge on any atom is 0.341 e. The van der Waals surface area contributed by atoms with Crippen molar-refractivity contribution in [3.8, 4) is 0 Å². The van der Waals surface area contributed by atoms with Gasteiger partial charge in [0.05, 0.1) is 10.5 Å². The van der Waals surface area contributed by atoms with Crippen LogP contribution in [-0.4, -0.2) is 37.0 Å². The minimum absolute atomic E-state index is 0.0616. The molecule has 1 atom stereocenters. The molecule has 0 fully saturated rings. The molecule has 0 saturated heterocycles. The molecule has 0 radical (unpaired) electrons. The van der Waals surface area contributed by atoms with E-state index in [0.29, 0.717) is 16.6 Å². The number of hydrogen-bond acceptors (Lipinski definition) is 5. The van der Waals surface area contributed by atoms with Crippen LogP contribution in [0.15, 0.2) is 53.4 Å². The van der Waals surface area contributed by atoms with Gasteiger partial charge in [-0.3, -0.25) is 4.79 Å². The molecule has 3 rings (SSSR count). The summed E-state index contributed by atoms with van der Waals surface area (Å²) in [4.78, 5) is 27.6. The fourth-order valence-electron chi connectivity index (χ4n) is 2.96. The first-order chi connectivity index (χ1) is 13.6. The number of fused-ring (bicyclic) bond motifs is 1. The lowest BCUT2D eigenvalue weighted by Gasteiger charge is -2.13. The maximum atomic E-state index is 12.8. The smallest absolute Gasteiger partial charge is 0.341 e. The van der Waals surface area contributed by atoms with Crippen LogP contribution in [0.2, 0.25) is 0 Å². The van der Waals surface area contributed by atoms with Gasteiger partial charge in [-0.25, -0.2) is 13.2 Å². The SMILES string of the molecule is Cc1[nH]c2ccccc2c1C(=O)C(C)OC(=O)c1ccc(S(=O)(=O)C(F)F)cc1. The zero-order valence-corrected chi connectivity index (χ0v) is 16.3. The molecule has 9 heteroatoms. The van der Waals surface area contributed by atoms with Crippen LogP contribution in [0.4, 0.5) is 8.78 Å².